The Morgan fingerprint density at radius 1 is 1.06 bits per heavy atom. The van der Waals surface area contributed by atoms with Crippen LogP contribution in [0.4, 0.5) is 0 Å². The molecule has 2 heterocycles. The van der Waals surface area contributed by atoms with Crippen LogP contribution in [-0.4, -0.2) is 58.7 Å². The highest BCUT2D eigenvalue weighted by atomic mass is 16.2. The Morgan fingerprint density at radius 3 is 2.51 bits per heavy atom. The van der Waals surface area contributed by atoms with Crippen molar-refractivity contribution in [1.29, 1.82) is 0 Å². The number of nitrogens with zero attached hydrogens (tertiary/aromatic N) is 2. The van der Waals surface area contributed by atoms with Crippen LogP contribution < -0.4 is 5.32 Å². The topological polar surface area (TPSA) is 85.5 Å². The Balaban J connectivity index is 1.63. The molecule has 3 amide bonds. The van der Waals surface area contributed by atoms with E-state index in [9.17, 15) is 14.4 Å². The van der Waals surface area contributed by atoms with Gasteiger partial charge in [0, 0.05) is 54.4 Å². The van der Waals surface area contributed by atoms with Gasteiger partial charge in [-0.05, 0) is 51.0 Å². The van der Waals surface area contributed by atoms with Gasteiger partial charge in [-0.25, -0.2) is 0 Å². The van der Waals surface area contributed by atoms with E-state index in [1.165, 1.54) is 0 Å². The number of hydrogen-bond donors (Lipinski definition) is 2. The van der Waals surface area contributed by atoms with E-state index in [0.717, 1.165) is 29.3 Å². The molecule has 0 radical (unpaired) electrons. The van der Waals surface area contributed by atoms with Gasteiger partial charge in [-0.15, -0.1) is 0 Å². The van der Waals surface area contributed by atoms with Gasteiger partial charge in [0.2, 0.25) is 5.91 Å². The summed E-state index contributed by atoms with van der Waals surface area (Å²) in [4.78, 5) is 46.4. The van der Waals surface area contributed by atoms with Gasteiger partial charge < -0.3 is 20.1 Å². The van der Waals surface area contributed by atoms with Crippen molar-refractivity contribution in [3.63, 3.8) is 0 Å². The lowest BCUT2D eigenvalue weighted by atomic mass is 9.96. The number of amides is 3. The zero-order valence-corrected chi connectivity index (χ0v) is 20.3. The predicted molar refractivity (Wildman–Crippen MR) is 137 cm³/mol. The Bertz CT molecular complexity index is 1230. The zero-order chi connectivity index (χ0) is 24.8. The number of nitrogens with one attached hydrogen (secondary N) is 2. The Labute approximate surface area is 205 Å². The van der Waals surface area contributed by atoms with Crippen LogP contribution in [0.3, 0.4) is 0 Å². The number of aromatic nitrogens is 1. The number of para-hydroxylation sites is 1. The van der Waals surface area contributed by atoms with Gasteiger partial charge in [-0.3, -0.25) is 14.4 Å². The summed E-state index contributed by atoms with van der Waals surface area (Å²) < 4.78 is 0. The summed E-state index contributed by atoms with van der Waals surface area (Å²) in [5.74, 6) is -0.774. The quantitative estimate of drug-likeness (QED) is 0.509. The van der Waals surface area contributed by atoms with Crippen molar-refractivity contribution in [2.75, 3.05) is 26.2 Å². The Morgan fingerprint density at radius 2 is 1.77 bits per heavy atom. The lowest BCUT2D eigenvalue weighted by molar-refractivity contribution is -0.139. The molecular weight excluding hydrogens is 440 g/mol. The highest BCUT2D eigenvalue weighted by molar-refractivity contribution is 6.06. The van der Waals surface area contributed by atoms with E-state index >= 15 is 0 Å². The van der Waals surface area contributed by atoms with Crippen LogP contribution in [0.25, 0.3) is 17.0 Å². The molecule has 0 saturated carbocycles. The van der Waals surface area contributed by atoms with Crippen molar-refractivity contribution in [3.8, 4) is 0 Å². The minimum Gasteiger partial charge on any atom is -0.361 e. The maximum atomic E-state index is 13.7. The number of carbonyl (C=O) groups excluding carboxylic acids is 3. The summed E-state index contributed by atoms with van der Waals surface area (Å²) in [5, 5.41) is 3.80. The number of carbonyl (C=O) groups is 3. The molecule has 1 aromatic heterocycles. The summed E-state index contributed by atoms with van der Waals surface area (Å²) >= 11 is 0. The van der Waals surface area contributed by atoms with E-state index in [1.54, 1.807) is 35.2 Å². The van der Waals surface area contributed by atoms with Crippen LogP contribution in [0.2, 0.25) is 0 Å². The van der Waals surface area contributed by atoms with E-state index in [-0.39, 0.29) is 29.3 Å². The predicted octanol–water partition coefficient (Wildman–Crippen LogP) is 4.05. The van der Waals surface area contributed by atoms with Gasteiger partial charge in [0.1, 0.15) is 5.70 Å². The number of aromatic amines is 1. The van der Waals surface area contributed by atoms with Crippen molar-refractivity contribution < 1.29 is 14.4 Å². The molecule has 0 bridgehead atoms. The second-order valence-corrected chi connectivity index (χ2v) is 8.77. The van der Waals surface area contributed by atoms with Gasteiger partial charge >= 0.3 is 0 Å². The van der Waals surface area contributed by atoms with Crippen molar-refractivity contribution >= 4 is 34.7 Å². The van der Waals surface area contributed by atoms with E-state index < -0.39 is 0 Å². The Kier molecular flexibility index (Phi) is 7.65. The fraction of sp³-hybridized carbons (Fsp3) is 0.321. The first kappa shape index (κ1) is 24.3. The van der Waals surface area contributed by atoms with Crippen LogP contribution >= 0.6 is 0 Å². The molecule has 0 aliphatic carbocycles. The van der Waals surface area contributed by atoms with Gasteiger partial charge in [0.05, 0.1) is 5.92 Å². The van der Waals surface area contributed by atoms with E-state index in [0.29, 0.717) is 31.7 Å². The molecular formula is C28H32N4O3. The first-order valence-electron chi connectivity index (χ1n) is 12.2. The lowest BCUT2D eigenvalue weighted by Crippen LogP contribution is -2.48. The third-order valence-electron chi connectivity index (χ3n) is 6.57. The minimum atomic E-state index is -0.349. The van der Waals surface area contributed by atoms with Gasteiger partial charge in [-0.1, -0.05) is 36.4 Å². The lowest BCUT2D eigenvalue weighted by Gasteiger charge is -2.35. The van der Waals surface area contributed by atoms with Gasteiger partial charge in [-0.2, -0.15) is 0 Å². The molecule has 0 spiro atoms. The maximum Gasteiger partial charge on any atom is 0.270 e. The average Bonchev–Trinajstić information content (AvgIpc) is 3.31. The standard InChI is InChI=1S/C28H32N4O3/c1-3-31(4-2)27(34)21-13-10-16-32(19-21)28(35)25(30-26(33)20-11-6-5-7-12-20)17-22-18-29-24-15-9-8-14-23(22)24/h5-9,11-12,14-15,17-18,21,29H,3-4,10,13,16,19H2,1-2H3,(H,30,33)/b25-17-. The normalized spacial score (nSPS) is 16.2. The number of benzene rings is 2. The number of likely N-dealkylation sites (tertiary alicyclic amines) is 1. The first-order chi connectivity index (χ1) is 17.0. The molecule has 182 valence electrons. The molecule has 3 aromatic rings. The molecule has 7 heteroatoms. The SMILES string of the molecule is CCN(CC)C(=O)C1CCCN(C(=O)/C(=C/c2c[nH]c3ccccc23)NC(=O)c2ccccc2)C1. The first-order valence-corrected chi connectivity index (χ1v) is 12.2. The fourth-order valence-electron chi connectivity index (χ4n) is 4.63. The second-order valence-electron chi connectivity index (χ2n) is 8.77. The molecule has 1 unspecified atom stereocenters. The molecule has 1 atom stereocenters. The number of rotatable bonds is 7. The second kappa shape index (κ2) is 11.0. The summed E-state index contributed by atoms with van der Waals surface area (Å²) in [6, 6.07) is 16.6. The molecule has 1 aliphatic rings. The smallest absolute Gasteiger partial charge is 0.270 e. The highest BCUT2D eigenvalue weighted by Gasteiger charge is 2.32. The van der Waals surface area contributed by atoms with Crippen LogP contribution in [0.1, 0.15) is 42.6 Å². The summed E-state index contributed by atoms with van der Waals surface area (Å²) in [6.07, 6.45) is 5.06. The number of fused-ring (bicyclic) bond motifs is 1. The van der Waals surface area contributed by atoms with Crippen LogP contribution in [-0.2, 0) is 9.59 Å². The fourth-order valence-corrected chi connectivity index (χ4v) is 4.63. The number of hydrogen-bond acceptors (Lipinski definition) is 3. The summed E-state index contributed by atoms with van der Waals surface area (Å²) in [7, 11) is 0. The van der Waals surface area contributed by atoms with Crippen molar-refractivity contribution in [2.45, 2.75) is 26.7 Å². The zero-order valence-electron chi connectivity index (χ0n) is 20.3. The third kappa shape index (κ3) is 5.45. The summed E-state index contributed by atoms with van der Waals surface area (Å²) in [6.45, 7) is 6.13. The highest BCUT2D eigenvalue weighted by Crippen LogP contribution is 2.23. The van der Waals surface area contributed by atoms with Crippen molar-refractivity contribution in [3.05, 3.63) is 77.6 Å². The number of piperidine rings is 1. The van der Waals surface area contributed by atoms with E-state index in [4.69, 9.17) is 0 Å². The van der Waals surface area contributed by atoms with Crippen LogP contribution in [0.15, 0.2) is 66.5 Å². The molecule has 2 N–H and O–H groups in total. The van der Waals surface area contributed by atoms with Gasteiger partial charge in [0.25, 0.3) is 11.8 Å². The monoisotopic (exact) mass is 472 g/mol. The van der Waals surface area contributed by atoms with Gasteiger partial charge in [0.15, 0.2) is 0 Å². The minimum absolute atomic E-state index is 0.0861. The molecule has 35 heavy (non-hydrogen) atoms. The molecule has 1 aliphatic heterocycles. The summed E-state index contributed by atoms with van der Waals surface area (Å²) in [5.41, 5.74) is 2.42. The largest absolute Gasteiger partial charge is 0.361 e. The molecule has 1 fully saturated rings. The van der Waals surface area contributed by atoms with Crippen LogP contribution in [0, 0.1) is 5.92 Å². The molecule has 4 rings (SSSR count). The van der Waals surface area contributed by atoms with Crippen LogP contribution in [0.5, 0.6) is 0 Å². The maximum absolute atomic E-state index is 13.7. The molecule has 1 saturated heterocycles. The third-order valence-corrected chi connectivity index (χ3v) is 6.57. The molecule has 7 nitrogen and oxygen atoms in total. The number of H-pyrrole nitrogens is 1. The average molecular weight is 473 g/mol. The van der Waals surface area contributed by atoms with Crippen molar-refractivity contribution in [1.82, 2.24) is 20.1 Å². The molecule has 2 aromatic carbocycles. The Hall–Kier alpha value is -3.87. The van der Waals surface area contributed by atoms with E-state index in [1.807, 2.05) is 55.3 Å². The van der Waals surface area contributed by atoms with E-state index in [2.05, 4.69) is 10.3 Å². The van der Waals surface area contributed by atoms with Crippen molar-refractivity contribution in [2.24, 2.45) is 5.92 Å².